The van der Waals surface area contributed by atoms with Crippen LogP contribution in [0.5, 0.6) is 0 Å². The van der Waals surface area contributed by atoms with Gasteiger partial charge in [0.25, 0.3) is 0 Å². The predicted molar refractivity (Wildman–Crippen MR) is 304 cm³/mol. The van der Waals surface area contributed by atoms with E-state index in [0.29, 0.717) is 45.2 Å². The molecule has 0 unspecified atom stereocenters. The van der Waals surface area contributed by atoms with E-state index in [0.717, 1.165) is 96.4 Å². The Labute approximate surface area is 455 Å². The van der Waals surface area contributed by atoms with Gasteiger partial charge in [0.1, 0.15) is 32.0 Å². The largest absolute Gasteiger partial charge is 0.465 e. The van der Waals surface area contributed by atoms with Crippen LogP contribution >= 0.6 is 0 Å². The average Bonchev–Trinajstić information content (AvgIpc) is 3.39. The average molecular weight is 1050 g/mol. The molecule has 0 aromatic heterocycles. The molecule has 436 valence electrons. The molecule has 0 fully saturated rings. The summed E-state index contributed by atoms with van der Waals surface area (Å²) in [6, 6.07) is 0. The molecule has 0 aliphatic carbocycles. The molecule has 0 bridgehead atoms. The maximum atomic E-state index is 13.0. The second-order valence-corrected chi connectivity index (χ2v) is 21.9. The Hall–Kier alpha value is -2.89. The Morgan fingerprint density at radius 3 is 1.01 bits per heavy atom. The molecule has 0 aliphatic rings. The molecule has 12 nitrogen and oxygen atoms in total. The van der Waals surface area contributed by atoms with Crippen LogP contribution in [0.1, 0.15) is 305 Å². The van der Waals surface area contributed by atoms with Gasteiger partial charge < -0.3 is 33.9 Å². The minimum atomic E-state index is -0.909. The van der Waals surface area contributed by atoms with Crippen molar-refractivity contribution in [1.29, 1.82) is 0 Å². The maximum Gasteiger partial charge on any atom is 0.407 e. The third kappa shape index (κ3) is 45.3. The quantitative estimate of drug-likeness (QED) is 0.0353. The smallest absolute Gasteiger partial charge is 0.407 e. The second kappa shape index (κ2) is 52.2. The predicted octanol–water partition coefficient (Wildman–Crippen LogP) is 16.7. The summed E-state index contributed by atoms with van der Waals surface area (Å²) in [5, 5.41) is 2.78. The minimum absolute atomic E-state index is 0.0122. The number of esters is 4. The number of unbranched alkanes of at least 4 members (excludes halogenated alkanes) is 26. The molecular weight excluding hydrogens is 933 g/mol. The number of hydrogen-bond acceptors (Lipinski definition) is 11. The van der Waals surface area contributed by atoms with Crippen LogP contribution in [0.3, 0.4) is 0 Å². The van der Waals surface area contributed by atoms with Crippen molar-refractivity contribution in [1.82, 2.24) is 10.2 Å². The molecule has 0 spiro atoms. The van der Waals surface area contributed by atoms with Crippen LogP contribution in [0.4, 0.5) is 4.79 Å². The standard InChI is InChI=1S/C62H118N2O10/c1-8-14-18-22-26-34-42-55(43-35-27-23-19-15-9-2)73-59(67)48-40-32-30-38-46-57(65)70-52-62(12-5,54-72-61(69)63-50-51-64(7)13-6)53-71-58(66)47-39-31-33-41-49-60(68)74-56(44-36-28-24-20-16-10-3)45-37-29-25-21-17-11-4/h55-56H,8-54H2,1-7H3,(H,63,69). The second-order valence-electron chi connectivity index (χ2n) is 21.9. The van der Waals surface area contributed by atoms with Gasteiger partial charge >= 0.3 is 30.0 Å². The molecule has 0 aliphatic heterocycles. The number of nitrogens with zero attached hydrogens (tertiary/aromatic N) is 1. The molecule has 0 saturated carbocycles. The fourth-order valence-corrected chi connectivity index (χ4v) is 9.23. The minimum Gasteiger partial charge on any atom is -0.465 e. The lowest BCUT2D eigenvalue weighted by molar-refractivity contribution is -0.157. The molecule has 0 aromatic rings. The van der Waals surface area contributed by atoms with Gasteiger partial charge in [0.2, 0.25) is 0 Å². The molecule has 0 saturated heterocycles. The molecule has 0 atom stereocenters. The molecule has 12 heteroatoms. The number of carbonyl (C=O) groups excluding carboxylic acids is 5. The van der Waals surface area contributed by atoms with E-state index < -0.39 is 11.5 Å². The van der Waals surface area contributed by atoms with Crippen molar-refractivity contribution in [3.8, 4) is 0 Å². The monoisotopic (exact) mass is 1050 g/mol. The van der Waals surface area contributed by atoms with E-state index >= 15 is 0 Å². The van der Waals surface area contributed by atoms with Gasteiger partial charge in [-0.05, 0) is 97.1 Å². The highest BCUT2D eigenvalue weighted by Gasteiger charge is 2.34. The summed E-state index contributed by atoms with van der Waals surface area (Å²) in [5.74, 6) is -0.936. The number of amides is 1. The van der Waals surface area contributed by atoms with Crippen LogP contribution in [0.15, 0.2) is 0 Å². The number of ether oxygens (including phenoxy) is 5. The van der Waals surface area contributed by atoms with Gasteiger partial charge in [0, 0.05) is 38.8 Å². The normalized spacial score (nSPS) is 11.6. The zero-order valence-corrected chi connectivity index (χ0v) is 49.4. The summed E-state index contributed by atoms with van der Waals surface area (Å²) < 4.78 is 29.2. The Bertz CT molecular complexity index is 1220. The first-order valence-electron chi connectivity index (χ1n) is 31.3. The van der Waals surface area contributed by atoms with Crippen LogP contribution in [0, 0.1) is 5.41 Å². The summed E-state index contributed by atoms with van der Waals surface area (Å²) in [7, 11) is 1.97. The van der Waals surface area contributed by atoms with Crippen LogP contribution in [0.2, 0.25) is 0 Å². The number of likely N-dealkylation sites (N-methyl/N-ethyl adjacent to an activating group) is 1. The summed E-state index contributed by atoms with van der Waals surface area (Å²) in [6.45, 7) is 14.7. The first-order valence-corrected chi connectivity index (χ1v) is 31.3. The van der Waals surface area contributed by atoms with Gasteiger partial charge in [-0.25, -0.2) is 4.79 Å². The van der Waals surface area contributed by atoms with Crippen molar-refractivity contribution in [2.75, 3.05) is 46.5 Å². The lowest BCUT2D eigenvalue weighted by atomic mass is 9.88. The number of alkyl carbamates (subject to hydrolysis) is 1. The maximum absolute atomic E-state index is 13.0. The van der Waals surface area contributed by atoms with Crippen LogP contribution in [-0.2, 0) is 42.9 Å². The van der Waals surface area contributed by atoms with E-state index in [2.05, 4.69) is 37.9 Å². The van der Waals surface area contributed by atoms with Crippen LogP contribution < -0.4 is 5.32 Å². The lowest BCUT2D eigenvalue weighted by Gasteiger charge is -2.31. The fraction of sp³-hybridized carbons (Fsp3) is 0.919. The molecule has 0 rings (SSSR count). The van der Waals surface area contributed by atoms with Gasteiger partial charge in [0.05, 0.1) is 5.41 Å². The molecule has 0 radical (unpaired) electrons. The molecule has 1 amide bonds. The van der Waals surface area contributed by atoms with Gasteiger partial charge in [-0.1, -0.05) is 196 Å². The Kier molecular flexibility index (Phi) is 50.1. The van der Waals surface area contributed by atoms with Crippen molar-refractivity contribution in [3.63, 3.8) is 0 Å². The van der Waals surface area contributed by atoms with Crippen molar-refractivity contribution in [3.05, 3.63) is 0 Å². The van der Waals surface area contributed by atoms with E-state index in [9.17, 15) is 24.0 Å². The number of hydrogen-bond donors (Lipinski definition) is 1. The lowest BCUT2D eigenvalue weighted by Crippen LogP contribution is -2.41. The Morgan fingerprint density at radius 1 is 0.392 bits per heavy atom. The zero-order valence-electron chi connectivity index (χ0n) is 49.4. The number of carbonyl (C=O) groups is 5. The molecular formula is C62H118N2O10. The highest BCUT2D eigenvalue weighted by Crippen LogP contribution is 2.26. The van der Waals surface area contributed by atoms with Crippen LogP contribution in [0.25, 0.3) is 0 Å². The highest BCUT2D eigenvalue weighted by atomic mass is 16.6. The topological polar surface area (TPSA) is 147 Å². The zero-order chi connectivity index (χ0) is 54.6. The van der Waals surface area contributed by atoms with E-state index in [4.69, 9.17) is 23.7 Å². The fourth-order valence-electron chi connectivity index (χ4n) is 9.23. The van der Waals surface area contributed by atoms with Crippen molar-refractivity contribution in [2.45, 2.75) is 317 Å². The first-order chi connectivity index (χ1) is 36.0. The number of nitrogens with one attached hydrogen (secondary N) is 1. The van der Waals surface area contributed by atoms with Gasteiger partial charge in [0.15, 0.2) is 0 Å². The van der Waals surface area contributed by atoms with Crippen molar-refractivity contribution in [2.24, 2.45) is 5.41 Å². The van der Waals surface area contributed by atoms with E-state index in [1.165, 1.54) is 128 Å². The summed E-state index contributed by atoms with van der Waals surface area (Å²) in [6.07, 6.45) is 40.4. The van der Waals surface area contributed by atoms with Gasteiger partial charge in [-0.3, -0.25) is 19.2 Å². The summed E-state index contributed by atoms with van der Waals surface area (Å²) in [5.41, 5.74) is -0.909. The molecule has 0 heterocycles. The molecule has 0 aromatic carbocycles. The third-order valence-electron chi connectivity index (χ3n) is 14.8. The van der Waals surface area contributed by atoms with E-state index in [-0.39, 0.29) is 68.7 Å². The van der Waals surface area contributed by atoms with E-state index in [1.807, 2.05) is 20.9 Å². The highest BCUT2D eigenvalue weighted by molar-refractivity contribution is 5.71. The van der Waals surface area contributed by atoms with Crippen LogP contribution in [-0.4, -0.2) is 93.6 Å². The van der Waals surface area contributed by atoms with Gasteiger partial charge in [-0.2, -0.15) is 0 Å². The Balaban J connectivity index is 5.00. The summed E-state index contributed by atoms with van der Waals surface area (Å²) >= 11 is 0. The molecule has 1 N–H and O–H groups in total. The van der Waals surface area contributed by atoms with Crippen molar-refractivity contribution < 1.29 is 47.7 Å². The summed E-state index contributed by atoms with van der Waals surface area (Å²) in [4.78, 5) is 66.6. The Morgan fingerprint density at radius 2 is 0.689 bits per heavy atom. The first kappa shape index (κ1) is 71.1. The molecule has 74 heavy (non-hydrogen) atoms. The number of rotatable bonds is 55. The van der Waals surface area contributed by atoms with Crippen molar-refractivity contribution >= 4 is 30.0 Å². The van der Waals surface area contributed by atoms with E-state index in [1.54, 1.807) is 0 Å². The third-order valence-corrected chi connectivity index (χ3v) is 14.8. The van der Waals surface area contributed by atoms with Gasteiger partial charge in [-0.15, -0.1) is 0 Å². The SMILES string of the molecule is CCCCCCCCC(CCCCCCCC)OC(=O)CCCCCCC(=O)OCC(CC)(COC(=O)CCCCCCC(=O)OC(CCCCCCCC)CCCCCCCC)COC(=O)NCCN(C)CC.